The molecular weight excluding hydrogens is 210 g/mol. The molecule has 0 saturated carbocycles. The summed E-state index contributed by atoms with van der Waals surface area (Å²) in [7, 11) is 0. The maximum absolute atomic E-state index is 9.47. The zero-order valence-electron chi connectivity index (χ0n) is 11.1. The number of hydrogen-bond acceptors (Lipinski definition) is 2. The van der Waals surface area contributed by atoms with E-state index in [1.807, 2.05) is 0 Å². The highest BCUT2D eigenvalue weighted by Gasteiger charge is 2.41. The lowest BCUT2D eigenvalue weighted by Gasteiger charge is -2.38. The molecule has 2 nitrogen and oxygen atoms in total. The van der Waals surface area contributed by atoms with Gasteiger partial charge in [0, 0.05) is 30.3 Å². The Balaban J connectivity index is 2.35. The highest BCUT2D eigenvalue weighted by molar-refractivity contribution is 5.56. The van der Waals surface area contributed by atoms with Gasteiger partial charge in [0.15, 0.2) is 0 Å². The van der Waals surface area contributed by atoms with Gasteiger partial charge in [0.2, 0.25) is 0 Å². The molecular formula is C15H23NO. The van der Waals surface area contributed by atoms with Crippen molar-refractivity contribution in [1.82, 2.24) is 0 Å². The predicted molar refractivity (Wildman–Crippen MR) is 72.4 cm³/mol. The maximum atomic E-state index is 9.47. The molecule has 1 saturated heterocycles. The van der Waals surface area contributed by atoms with Crippen molar-refractivity contribution >= 4 is 5.69 Å². The normalized spacial score (nSPS) is 23.1. The molecule has 1 aliphatic rings. The van der Waals surface area contributed by atoms with Gasteiger partial charge in [-0.3, -0.25) is 0 Å². The van der Waals surface area contributed by atoms with Crippen LogP contribution in [0.5, 0.6) is 0 Å². The van der Waals surface area contributed by atoms with Crippen LogP contribution in [-0.4, -0.2) is 23.8 Å². The van der Waals surface area contributed by atoms with E-state index < -0.39 is 0 Å². The number of aryl methyl sites for hydroxylation is 1. The van der Waals surface area contributed by atoms with Crippen molar-refractivity contribution in [2.24, 2.45) is 5.92 Å². The fourth-order valence-electron chi connectivity index (χ4n) is 2.97. The molecule has 0 amide bonds. The van der Waals surface area contributed by atoms with E-state index in [-0.39, 0.29) is 12.1 Å². The second-order valence-corrected chi connectivity index (χ2v) is 5.46. The van der Waals surface area contributed by atoms with Crippen LogP contribution in [0.15, 0.2) is 24.3 Å². The van der Waals surface area contributed by atoms with Crippen LogP contribution in [-0.2, 0) is 6.42 Å². The molecule has 2 heteroatoms. The Morgan fingerprint density at radius 2 is 2.06 bits per heavy atom. The van der Waals surface area contributed by atoms with Crippen LogP contribution in [0.2, 0.25) is 0 Å². The van der Waals surface area contributed by atoms with E-state index in [1.54, 1.807) is 0 Å². The summed E-state index contributed by atoms with van der Waals surface area (Å²) in [4.78, 5) is 2.46. The highest BCUT2D eigenvalue weighted by atomic mass is 16.3. The monoisotopic (exact) mass is 233 g/mol. The Bertz CT molecular complexity index is 386. The molecule has 0 radical (unpaired) electrons. The average molecular weight is 233 g/mol. The highest BCUT2D eigenvalue weighted by Crippen LogP contribution is 2.39. The molecule has 0 spiro atoms. The van der Waals surface area contributed by atoms with Gasteiger partial charge in [-0.05, 0) is 38.3 Å². The van der Waals surface area contributed by atoms with E-state index in [4.69, 9.17) is 0 Å². The molecule has 1 aromatic carbocycles. The van der Waals surface area contributed by atoms with Crippen molar-refractivity contribution in [3.63, 3.8) is 0 Å². The van der Waals surface area contributed by atoms with Crippen molar-refractivity contribution < 1.29 is 5.11 Å². The standard InChI is InChI=1S/C15H23NO/c1-4-12-7-5-6-8-14(12)16-10-9-13(11-17)15(16,2)3/h5-8,13,17H,4,9-11H2,1-3H3. The Hall–Kier alpha value is -1.02. The molecule has 1 aliphatic heterocycles. The van der Waals surface area contributed by atoms with Crippen LogP contribution in [0.25, 0.3) is 0 Å². The number of benzene rings is 1. The fraction of sp³-hybridized carbons (Fsp3) is 0.600. The van der Waals surface area contributed by atoms with E-state index in [2.05, 4.69) is 49.9 Å². The number of para-hydroxylation sites is 1. The van der Waals surface area contributed by atoms with E-state index in [1.165, 1.54) is 11.3 Å². The van der Waals surface area contributed by atoms with Gasteiger partial charge in [-0.25, -0.2) is 0 Å². The quantitative estimate of drug-likeness (QED) is 0.867. The average Bonchev–Trinajstić information content (AvgIpc) is 2.63. The lowest BCUT2D eigenvalue weighted by molar-refractivity contribution is 0.189. The van der Waals surface area contributed by atoms with Gasteiger partial charge in [-0.15, -0.1) is 0 Å². The number of hydrogen-bond donors (Lipinski definition) is 1. The zero-order valence-corrected chi connectivity index (χ0v) is 11.1. The van der Waals surface area contributed by atoms with Gasteiger partial charge >= 0.3 is 0 Å². The predicted octanol–water partition coefficient (Wildman–Crippen LogP) is 2.85. The third-order valence-electron chi connectivity index (χ3n) is 4.28. The molecule has 1 atom stereocenters. The topological polar surface area (TPSA) is 23.5 Å². The summed E-state index contributed by atoms with van der Waals surface area (Å²) in [6.07, 6.45) is 2.15. The molecule has 1 heterocycles. The minimum atomic E-state index is 0.0556. The summed E-state index contributed by atoms with van der Waals surface area (Å²) in [5.74, 6) is 0.382. The van der Waals surface area contributed by atoms with Crippen molar-refractivity contribution in [2.75, 3.05) is 18.1 Å². The number of aliphatic hydroxyl groups is 1. The Kier molecular flexibility index (Phi) is 3.43. The molecule has 1 fully saturated rings. The first-order valence-electron chi connectivity index (χ1n) is 6.57. The summed E-state index contributed by atoms with van der Waals surface area (Å²) >= 11 is 0. The van der Waals surface area contributed by atoms with Crippen molar-refractivity contribution in [2.45, 2.75) is 39.2 Å². The SMILES string of the molecule is CCc1ccccc1N1CCC(CO)C1(C)C. The van der Waals surface area contributed by atoms with Gasteiger partial charge in [0.05, 0.1) is 0 Å². The Morgan fingerprint density at radius 1 is 1.35 bits per heavy atom. The molecule has 0 bridgehead atoms. The maximum Gasteiger partial charge on any atom is 0.0482 e. The first-order valence-corrected chi connectivity index (χ1v) is 6.57. The third-order valence-corrected chi connectivity index (χ3v) is 4.28. The molecule has 17 heavy (non-hydrogen) atoms. The fourth-order valence-corrected chi connectivity index (χ4v) is 2.97. The van der Waals surface area contributed by atoms with Gasteiger partial charge < -0.3 is 10.0 Å². The Morgan fingerprint density at radius 3 is 2.65 bits per heavy atom. The Labute approximate surface area is 104 Å². The van der Waals surface area contributed by atoms with Crippen LogP contribution in [0.3, 0.4) is 0 Å². The summed E-state index contributed by atoms with van der Waals surface area (Å²) in [5, 5.41) is 9.47. The number of rotatable bonds is 3. The second-order valence-electron chi connectivity index (χ2n) is 5.46. The van der Waals surface area contributed by atoms with E-state index in [0.717, 1.165) is 19.4 Å². The first-order chi connectivity index (χ1) is 8.11. The molecule has 1 unspecified atom stereocenters. The summed E-state index contributed by atoms with van der Waals surface area (Å²) in [6, 6.07) is 8.63. The molecule has 0 aromatic heterocycles. The van der Waals surface area contributed by atoms with Gasteiger partial charge in [-0.1, -0.05) is 25.1 Å². The van der Waals surface area contributed by atoms with Gasteiger partial charge in [0.25, 0.3) is 0 Å². The second kappa shape index (κ2) is 4.69. The van der Waals surface area contributed by atoms with Gasteiger partial charge in [-0.2, -0.15) is 0 Å². The molecule has 2 rings (SSSR count). The third kappa shape index (κ3) is 2.06. The largest absolute Gasteiger partial charge is 0.396 e. The summed E-state index contributed by atoms with van der Waals surface area (Å²) < 4.78 is 0. The zero-order chi connectivity index (χ0) is 12.5. The smallest absolute Gasteiger partial charge is 0.0482 e. The van der Waals surface area contributed by atoms with Crippen molar-refractivity contribution in [1.29, 1.82) is 0 Å². The van der Waals surface area contributed by atoms with E-state index in [0.29, 0.717) is 5.92 Å². The van der Waals surface area contributed by atoms with Crippen LogP contribution < -0.4 is 4.90 Å². The summed E-state index contributed by atoms with van der Waals surface area (Å²) in [6.45, 7) is 8.03. The molecule has 0 aliphatic carbocycles. The number of aliphatic hydroxyl groups excluding tert-OH is 1. The van der Waals surface area contributed by atoms with Crippen LogP contribution in [0, 0.1) is 5.92 Å². The van der Waals surface area contributed by atoms with Crippen LogP contribution >= 0.6 is 0 Å². The summed E-state index contributed by atoms with van der Waals surface area (Å²) in [5.41, 5.74) is 2.80. The van der Waals surface area contributed by atoms with Crippen molar-refractivity contribution in [3.8, 4) is 0 Å². The molecule has 1 N–H and O–H groups in total. The lowest BCUT2D eigenvalue weighted by Crippen LogP contribution is -2.44. The van der Waals surface area contributed by atoms with Crippen LogP contribution in [0.1, 0.15) is 32.8 Å². The minimum Gasteiger partial charge on any atom is -0.396 e. The van der Waals surface area contributed by atoms with Crippen molar-refractivity contribution in [3.05, 3.63) is 29.8 Å². The van der Waals surface area contributed by atoms with Gasteiger partial charge in [0.1, 0.15) is 0 Å². The number of nitrogens with zero attached hydrogens (tertiary/aromatic N) is 1. The lowest BCUT2D eigenvalue weighted by atomic mass is 9.88. The number of anilines is 1. The minimum absolute atomic E-state index is 0.0556. The van der Waals surface area contributed by atoms with Crippen LogP contribution in [0.4, 0.5) is 5.69 Å². The molecule has 94 valence electrons. The van der Waals surface area contributed by atoms with E-state index >= 15 is 0 Å². The molecule has 1 aromatic rings. The first kappa shape index (κ1) is 12.4. The van der Waals surface area contributed by atoms with E-state index in [9.17, 15) is 5.11 Å².